The highest BCUT2D eigenvalue weighted by atomic mass is 35.5. The van der Waals surface area contributed by atoms with E-state index in [2.05, 4.69) is 34.2 Å². The number of H-pyrrole nitrogens is 1. The summed E-state index contributed by atoms with van der Waals surface area (Å²) >= 11 is 19.0. The molecule has 13 aromatic rings. The van der Waals surface area contributed by atoms with Gasteiger partial charge in [0.15, 0.2) is 0 Å². The minimum absolute atomic E-state index is 0.0212. The molecule has 31 heteroatoms. The molecule has 9 aromatic carbocycles. The zero-order valence-corrected chi connectivity index (χ0v) is 84.4. The summed E-state index contributed by atoms with van der Waals surface area (Å²) in [6, 6.07) is 56.8. The number of ether oxygens (including phenoxy) is 5. The Kier molecular flexibility index (Phi) is 32.5. The van der Waals surface area contributed by atoms with E-state index in [9.17, 15) is 39.6 Å². The predicted octanol–water partition coefficient (Wildman–Crippen LogP) is 20.4. The Balaban J connectivity index is 0.000000166. The molecule has 0 spiro atoms. The lowest BCUT2D eigenvalue weighted by atomic mass is 9.93. The third-order valence-electron chi connectivity index (χ3n) is 24.8. The number of fused-ring (bicyclic) bond motifs is 3. The summed E-state index contributed by atoms with van der Waals surface area (Å²) in [6.07, 6.45) is 7.58. The zero-order valence-electron chi connectivity index (χ0n) is 79.6. The van der Waals surface area contributed by atoms with Crippen molar-refractivity contribution in [2.75, 3.05) is 47.1 Å². The minimum Gasteiger partial charge on any atom is -0.494 e. The molecular formula is C107H112Cl3N11O14S3. The summed E-state index contributed by atoms with van der Waals surface area (Å²) in [6.45, 7) is 22.7. The first-order valence-electron chi connectivity index (χ1n) is 45.4. The molecule has 25 nitrogen and oxygen atoms in total. The van der Waals surface area contributed by atoms with E-state index in [1.165, 1.54) is 36.4 Å². The van der Waals surface area contributed by atoms with Crippen molar-refractivity contribution in [3.8, 4) is 56.4 Å². The smallest absolute Gasteiger partial charge is 0.264 e. The second-order valence-electron chi connectivity index (χ2n) is 34.8. The van der Waals surface area contributed by atoms with Gasteiger partial charge in [-0.1, -0.05) is 144 Å². The molecule has 138 heavy (non-hydrogen) atoms. The van der Waals surface area contributed by atoms with Crippen molar-refractivity contribution in [1.29, 1.82) is 0 Å². The number of nitrogens with one attached hydrogen (secondary N) is 4. The Morgan fingerprint density at radius 2 is 0.739 bits per heavy atom. The van der Waals surface area contributed by atoms with Gasteiger partial charge in [-0.25, -0.2) is 39.4 Å². The first-order chi connectivity index (χ1) is 66.0. The third-order valence-corrected chi connectivity index (χ3v) is 30.6. The molecule has 4 N–H and O–H groups in total. The molecule has 4 heterocycles. The first kappa shape index (κ1) is 101. The first-order valence-corrected chi connectivity index (χ1v) is 51.0. The van der Waals surface area contributed by atoms with Crippen LogP contribution in [0.2, 0.25) is 15.1 Å². The highest BCUT2D eigenvalue weighted by Gasteiger charge is 2.37. The summed E-state index contributed by atoms with van der Waals surface area (Å²) in [7, 11) is -4.40. The summed E-state index contributed by atoms with van der Waals surface area (Å²) in [4.78, 5) is 47.6. The summed E-state index contributed by atoms with van der Waals surface area (Å²) in [5.41, 5.74) is 26.0. The van der Waals surface area contributed by atoms with Gasteiger partial charge in [0, 0.05) is 112 Å². The van der Waals surface area contributed by atoms with Crippen molar-refractivity contribution in [3.63, 3.8) is 0 Å². The van der Waals surface area contributed by atoms with Crippen LogP contribution in [-0.2, 0) is 95.8 Å². The van der Waals surface area contributed by atoms with E-state index in [4.69, 9.17) is 68.7 Å². The van der Waals surface area contributed by atoms with E-state index < -0.39 is 47.8 Å². The zero-order chi connectivity index (χ0) is 98.6. The summed E-state index contributed by atoms with van der Waals surface area (Å²) in [5.74, 6) is 0.940. The van der Waals surface area contributed by atoms with E-state index in [0.29, 0.717) is 105 Å². The average molecular weight is 1980 g/mol. The second kappa shape index (κ2) is 44.4. The van der Waals surface area contributed by atoms with Crippen LogP contribution in [0, 0.1) is 69.2 Å². The monoisotopic (exact) mass is 1980 g/mol. The topological polar surface area (TPSA) is 316 Å². The number of rotatable bonds is 35. The number of amides is 3. The third kappa shape index (κ3) is 23.4. The van der Waals surface area contributed by atoms with Crippen LogP contribution in [0.3, 0.4) is 0 Å². The molecule has 0 saturated heterocycles. The number of aromatic nitrogens is 7. The number of hydrogen-bond acceptors (Lipinski definition) is 19. The summed E-state index contributed by atoms with van der Waals surface area (Å²) < 4.78 is 120. The molecule has 0 radical (unpaired) electrons. The largest absolute Gasteiger partial charge is 0.494 e. The van der Waals surface area contributed by atoms with Crippen LogP contribution in [0.1, 0.15) is 139 Å². The van der Waals surface area contributed by atoms with Gasteiger partial charge in [0.2, 0.25) is 0 Å². The van der Waals surface area contributed by atoms with Crippen LogP contribution in [0.4, 0.5) is 0 Å². The number of hydrogen-bond donors (Lipinski definition) is 4. The van der Waals surface area contributed by atoms with Crippen LogP contribution >= 0.6 is 34.8 Å². The number of aryl methyl sites for hydroxylation is 10. The van der Waals surface area contributed by atoms with E-state index in [-0.39, 0.29) is 34.1 Å². The molecule has 0 saturated carbocycles. The Bertz CT molecular complexity index is 7160. The number of sulfonamides is 3. The number of halogens is 3. The Morgan fingerprint density at radius 3 is 1.06 bits per heavy atom. The molecule has 0 unspecified atom stereocenters. The lowest BCUT2D eigenvalue weighted by Gasteiger charge is -2.13. The molecular weight excluding hydrogens is 1870 g/mol. The fraction of sp³-hybridized carbons (Fsp3) is 0.280. The number of likely N-dealkylation sites (N-methyl/N-ethyl adjacent to an activating group) is 1. The van der Waals surface area contributed by atoms with E-state index in [1.807, 2.05) is 210 Å². The lowest BCUT2D eigenvalue weighted by Crippen LogP contribution is -2.32. The summed E-state index contributed by atoms with van der Waals surface area (Å²) in [5, 5.41) is 19.1. The van der Waals surface area contributed by atoms with Crippen LogP contribution < -0.4 is 33.1 Å². The number of carbonyl (C=O) groups excluding carboxylic acids is 3. The maximum Gasteiger partial charge on any atom is 0.264 e. The Labute approximate surface area is 822 Å². The van der Waals surface area contributed by atoms with Crippen LogP contribution in [0.5, 0.6) is 23.0 Å². The number of benzene rings is 9. The van der Waals surface area contributed by atoms with Gasteiger partial charge in [-0.05, 0) is 307 Å². The highest BCUT2D eigenvalue weighted by Crippen LogP contribution is 2.47. The number of nitrogens with zero attached hydrogens (tertiary/aromatic N) is 7. The van der Waals surface area contributed by atoms with Crippen LogP contribution in [-0.4, -0.2) is 130 Å². The molecule has 3 amide bonds. The van der Waals surface area contributed by atoms with Gasteiger partial charge < -0.3 is 28.6 Å². The van der Waals surface area contributed by atoms with E-state index in [1.54, 1.807) is 67.0 Å². The van der Waals surface area contributed by atoms with E-state index in [0.717, 1.165) is 185 Å². The van der Waals surface area contributed by atoms with Crippen molar-refractivity contribution >= 4 is 99.3 Å². The Hall–Kier alpha value is -12.8. The molecule has 718 valence electrons. The number of aromatic amines is 1. The van der Waals surface area contributed by atoms with E-state index >= 15 is 0 Å². The minimum atomic E-state index is -4.09. The van der Waals surface area contributed by atoms with Gasteiger partial charge in [0.1, 0.15) is 35.3 Å². The molecule has 0 fully saturated rings. The van der Waals surface area contributed by atoms with Crippen molar-refractivity contribution < 1.29 is 63.3 Å². The lowest BCUT2D eigenvalue weighted by molar-refractivity contribution is -0.116. The van der Waals surface area contributed by atoms with Gasteiger partial charge in [-0.2, -0.15) is 15.3 Å². The van der Waals surface area contributed by atoms with Gasteiger partial charge >= 0.3 is 0 Å². The molecule has 0 atom stereocenters. The predicted molar refractivity (Wildman–Crippen MR) is 541 cm³/mol. The highest BCUT2D eigenvalue weighted by molar-refractivity contribution is 7.90. The molecule has 3 aliphatic carbocycles. The molecule has 0 bridgehead atoms. The fourth-order valence-electron chi connectivity index (χ4n) is 17.7. The molecule has 3 aliphatic rings. The number of pyridine rings is 1. The number of allylic oxidation sites excluding steroid dienone is 3. The standard InChI is InChI=1S/C38H37ClN4O5S.C37H43ClN4O5S.C32H32ClN3O4S/c1-24-19-28(20-25(2)37(24)39)47-18-10-16-31-30-14-8-15-32(36-26(3)43(4)41-35(36)23-48-27-11-9-17-40-22-27)33(30)21-34(31)38(44)42-49(45,46)29-12-6-5-7-13-29;1-24-20-27(21-25(2)36(24)38)47-18-11-16-30-29-14-10-15-31(35-26(3)42(6)39-34(35)23-46-19-17-41(4)5)32(29)22-33(30)37(43)40-48(44,45)28-12-8-7-9-13-28;1-19-16-23(17-20(2)31(19)33)40-15-9-14-26-25-12-8-13-27(30-21(3)34-35-22(30)4)28(25)18-29(26)32(37)36-41(38,39)24-10-6-5-7-11-24/h5-9,11-15,17,19-20,22H,10,16,18,21,23H2,1-4H3,(H,42,44);7-10,12-15,20-21H,11,16-19,22-23H2,1-6H3,(H,40,43);5-8,10-13,16-17H,9,14-15,18H2,1-4H3,(H,34,35)(H,36,37). The maximum atomic E-state index is 13.9. The normalized spacial score (nSPS) is 12.8. The van der Waals surface area contributed by atoms with Crippen LogP contribution in [0.25, 0.3) is 50.1 Å². The molecule has 4 aromatic heterocycles. The number of carbonyl (C=O) groups is 3. The molecule has 16 rings (SSSR count). The molecule has 0 aliphatic heterocycles. The van der Waals surface area contributed by atoms with Gasteiger partial charge in [-0.15, -0.1) is 0 Å². The Morgan fingerprint density at radius 1 is 0.406 bits per heavy atom. The van der Waals surface area contributed by atoms with Gasteiger partial charge in [0.05, 0.1) is 65.3 Å². The van der Waals surface area contributed by atoms with Crippen molar-refractivity contribution in [2.45, 2.75) is 155 Å². The van der Waals surface area contributed by atoms with Crippen molar-refractivity contribution in [2.24, 2.45) is 14.1 Å². The van der Waals surface area contributed by atoms with Gasteiger partial charge in [-0.3, -0.25) is 33.8 Å². The average Bonchev–Trinajstić information content (AvgIpc) is 1.60. The second-order valence-corrected chi connectivity index (χ2v) is 41.0. The quantitative estimate of drug-likeness (QED) is 0.0268. The van der Waals surface area contributed by atoms with Gasteiger partial charge in [0.25, 0.3) is 47.8 Å². The van der Waals surface area contributed by atoms with Crippen LogP contribution in [0.15, 0.2) is 238 Å². The van der Waals surface area contributed by atoms with Crippen molar-refractivity contribution in [3.05, 3.63) is 339 Å². The van der Waals surface area contributed by atoms with Crippen molar-refractivity contribution in [1.82, 2.24) is 53.8 Å². The maximum absolute atomic E-state index is 13.9. The SMILES string of the molecule is Cc1cc(OCCCC2=C(C(=O)NS(=O)(=O)c3ccccc3)Cc3c2cccc3-c2c(C)n[nH]c2C)cc(C)c1Cl.Cc1cc(OCCCC2=C(C(=O)NS(=O)(=O)c3ccccc3)Cc3c2cccc3-c2c(COCCN(C)C)nn(C)c2C)cc(C)c1Cl.Cc1cc(OCCCC2=C(C(=O)NS(=O)(=O)c3ccccc3)Cc3c2cccc3-c2c(COc3cccnc3)nn(C)c2C)cc(C)c1Cl. The fourth-order valence-corrected chi connectivity index (χ4v) is 21.1.